The Morgan fingerprint density at radius 2 is 1.79 bits per heavy atom. The number of aryl methyl sites for hydroxylation is 1. The van der Waals surface area contributed by atoms with Crippen LogP contribution in [-0.4, -0.2) is 17.7 Å². The normalized spacial score (nSPS) is 18.5. The van der Waals surface area contributed by atoms with Crippen molar-refractivity contribution in [1.29, 1.82) is 0 Å². The van der Waals surface area contributed by atoms with Crippen molar-refractivity contribution < 1.29 is 5.11 Å². The molecule has 19 heavy (non-hydrogen) atoms. The molecule has 1 aliphatic carbocycles. The molecule has 2 rings (SSSR count). The maximum atomic E-state index is 9.25. The SMILES string of the molecule is CC(CCc1ccc(O)cc1)NCC1(C(C)C)CC1. The molecule has 0 aliphatic heterocycles. The van der Waals surface area contributed by atoms with Gasteiger partial charge in [-0.05, 0) is 61.6 Å². The summed E-state index contributed by atoms with van der Waals surface area (Å²) < 4.78 is 0. The molecule has 1 unspecified atom stereocenters. The second-order valence-electron chi connectivity index (χ2n) is 6.50. The van der Waals surface area contributed by atoms with E-state index in [4.69, 9.17) is 0 Å². The Morgan fingerprint density at radius 1 is 1.16 bits per heavy atom. The molecule has 2 heteroatoms. The van der Waals surface area contributed by atoms with Gasteiger partial charge in [0.2, 0.25) is 0 Å². The number of rotatable bonds is 7. The summed E-state index contributed by atoms with van der Waals surface area (Å²) in [5.41, 5.74) is 1.89. The number of phenolic OH excluding ortho intramolecular Hbond substituents is 1. The van der Waals surface area contributed by atoms with Crippen LogP contribution in [0.15, 0.2) is 24.3 Å². The minimum Gasteiger partial charge on any atom is -0.508 e. The Morgan fingerprint density at radius 3 is 2.32 bits per heavy atom. The summed E-state index contributed by atoms with van der Waals surface area (Å²) in [4.78, 5) is 0. The first-order valence-corrected chi connectivity index (χ1v) is 7.53. The zero-order valence-corrected chi connectivity index (χ0v) is 12.4. The molecular formula is C17H27NO. The summed E-state index contributed by atoms with van der Waals surface area (Å²) in [5.74, 6) is 1.15. The zero-order valence-electron chi connectivity index (χ0n) is 12.4. The molecule has 0 amide bonds. The zero-order chi connectivity index (χ0) is 13.9. The van der Waals surface area contributed by atoms with Crippen molar-refractivity contribution in [2.45, 2.75) is 52.5 Å². The van der Waals surface area contributed by atoms with E-state index in [0.29, 0.717) is 17.2 Å². The second kappa shape index (κ2) is 5.96. The van der Waals surface area contributed by atoms with Crippen molar-refractivity contribution in [2.24, 2.45) is 11.3 Å². The highest BCUT2D eigenvalue weighted by Gasteiger charge is 2.44. The molecule has 0 radical (unpaired) electrons. The lowest BCUT2D eigenvalue weighted by Crippen LogP contribution is -2.34. The summed E-state index contributed by atoms with van der Waals surface area (Å²) in [6, 6.07) is 8.12. The van der Waals surface area contributed by atoms with Gasteiger partial charge in [-0.25, -0.2) is 0 Å². The number of benzene rings is 1. The van der Waals surface area contributed by atoms with Gasteiger partial charge >= 0.3 is 0 Å². The third-order valence-corrected chi connectivity index (χ3v) is 4.72. The maximum absolute atomic E-state index is 9.25. The first kappa shape index (κ1) is 14.4. The van der Waals surface area contributed by atoms with E-state index in [1.165, 1.54) is 24.9 Å². The third-order valence-electron chi connectivity index (χ3n) is 4.72. The van der Waals surface area contributed by atoms with E-state index < -0.39 is 0 Å². The van der Waals surface area contributed by atoms with Crippen molar-refractivity contribution in [1.82, 2.24) is 5.32 Å². The van der Waals surface area contributed by atoms with Crippen LogP contribution in [0.4, 0.5) is 0 Å². The Hall–Kier alpha value is -1.02. The van der Waals surface area contributed by atoms with Gasteiger partial charge < -0.3 is 10.4 Å². The van der Waals surface area contributed by atoms with Crippen molar-refractivity contribution in [3.8, 4) is 5.75 Å². The predicted octanol–water partition coefficient (Wildman–Crippen LogP) is 3.74. The number of phenols is 1. The van der Waals surface area contributed by atoms with E-state index in [-0.39, 0.29) is 0 Å². The maximum Gasteiger partial charge on any atom is 0.115 e. The van der Waals surface area contributed by atoms with E-state index in [1.54, 1.807) is 12.1 Å². The number of aromatic hydroxyl groups is 1. The molecule has 2 nitrogen and oxygen atoms in total. The highest BCUT2D eigenvalue weighted by atomic mass is 16.3. The molecule has 1 fully saturated rings. The Labute approximate surface area is 117 Å². The summed E-state index contributed by atoms with van der Waals surface area (Å²) in [6.07, 6.45) is 5.01. The van der Waals surface area contributed by atoms with Crippen LogP contribution in [-0.2, 0) is 6.42 Å². The topological polar surface area (TPSA) is 32.3 Å². The molecule has 1 aromatic rings. The molecule has 0 bridgehead atoms. The Kier molecular flexibility index (Phi) is 4.51. The lowest BCUT2D eigenvalue weighted by Gasteiger charge is -2.23. The predicted molar refractivity (Wildman–Crippen MR) is 80.4 cm³/mol. The van der Waals surface area contributed by atoms with Crippen LogP contribution in [0.25, 0.3) is 0 Å². The van der Waals surface area contributed by atoms with Crippen LogP contribution in [0.1, 0.15) is 45.6 Å². The van der Waals surface area contributed by atoms with Crippen LogP contribution in [0.2, 0.25) is 0 Å². The van der Waals surface area contributed by atoms with Crippen LogP contribution in [0.5, 0.6) is 5.75 Å². The van der Waals surface area contributed by atoms with Crippen molar-refractivity contribution in [3.63, 3.8) is 0 Å². The van der Waals surface area contributed by atoms with Gasteiger partial charge in [-0.2, -0.15) is 0 Å². The minimum absolute atomic E-state index is 0.350. The Bertz CT molecular complexity index is 392. The molecule has 0 saturated heterocycles. The molecule has 0 aromatic heterocycles. The van der Waals surface area contributed by atoms with E-state index in [1.807, 2.05) is 12.1 Å². The van der Waals surface area contributed by atoms with Crippen molar-refractivity contribution in [2.75, 3.05) is 6.54 Å². The first-order chi connectivity index (χ1) is 9.02. The molecular weight excluding hydrogens is 234 g/mol. The first-order valence-electron chi connectivity index (χ1n) is 7.53. The van der Waals surface area contributed by atoms with Gasteiger partial charge in [0, 0.05) is 12.6 Å². The lowest BCUT2D eigenvalue weighted by molar-refractivity contribution is 0.320. The highest BCUT2D eigenvalue weighted by molar-refractivity contribution is 5.25. The number of hydrogen-bond donors (Lipinski definition) is 2. The van der Waals surface area contributed by atoms with E-state index in [0.717, 1.165) is 18.8 Å². The van der Waals surface area contributed by atoms with Crippen LogP contribution < -0.4 is 5.32 Å². The quantitative estimate of drug-likeness (QED) is 0.783. The monoisotopic (exact) mass is 261 g/mol. The molecule has 106 valence electrons. The van der Waals surface area contributed by atoms with Gasteiger partial charge in [0.25, 0.3) is 0 Å². The largest absolute Gasteiger partial charge is 0.508 e. The standard InChI is InChI=1S/C17H27NO/c1-13(2)17(10-11-17)12-18-14(3)4-5-15-6-8-16(19)9-7-15/h6-9,13-14,18-19H,4-5,10-12H2,1-3H3. The molecule has 1 aromatic carbocycles. The van der Waals surface area contributed by atoms with Crippen LogP contribution in [0.3, 0.4) is 0 Å². The average molecular weight is 261 g/mol. The fourth-order valence-corrected chi connectivity index (χ4v) is 2.64. The summed E-state index contributed by atoms with van der Waals surface area (Å²) in [6.45, 7) is 8.13. The van der Waals surface area contributed by atoms with Crippen molar-refractivity contribution in [3.05, 3.63) is 29.8 Å². The van der Waals surface area contributed by atoms with Gasteiger partial charge in [-0.15, -0.1) is 0 Å². The third kappa shape index (κ3) is 3.97. The number of hydrogen-bond acceptors (Lipinski definition) is 2. The fraction of sp³-hybridized carbons (Fsp3) is 0.647. The highest BCUT2D eigenvalue weighted by Crippen LogP contribution is 2.51. The van der Waals surface area contributed by atoms with Crippen LogP contribution >= 0.6 is 0 Å². The van der Waals surface area contributed by atoms with Gasteiger partial charge in [-0.1, -0.05) is 26.0 Å². The van der Waals surface area contributed by atoms with Crippen LogP contribution in [0, 0.1) is 11.3 Å². The molecule has 1 saturated carbocycles. The fourth-order valence-electron chi connectivity index (χ4n) is 2.64. The summed E-state index contributed by atoms with van der Waals surface area (Å²) in [7, 11) is 0. The minimum atomic E-state index is 0.350. The smallest absolute Gasteiger partial charge is 0.115 e. The lowest BCUT2D eigenvalue weighted by atomic mass is 9.92. The van der Waals surface area contributed by atoms with E-state index in [9.17, 15) is 5.11 Å². The van der Waals surface area contributed by atoms with Gasteiger partial charge in [0.1, 0.15) is 5.75 Å². The van der Waals surface area contributed by atoms with E-state index >= 15 is 0 Å². The summed E-state index contributed by atoms with van der Waals surface area (Å²) >= 11 is 0. The molecule has 1 aliphatic rings. The number of nitrogens with one attached hydrogen (secondary N) is 1. The van der Waals surface area contributed by atoms with Gasteiger partial charge in [0.05, 0.1) is 0 Å². The molecule has 2 N–H and O–H groups in total. The van der Waals surface area contributed by atoms with Crippen molar-refractivity contribution >= 4 is 0 Å². The van der Waals surface area contributed by atoms with E-state index in [2.05, 4.69) is 26.1 Å². The van der Waals surface area contributed by atoms with Gasteiger partial charge in [0.15, 0.2) is 0 Å². The summed E-state index contributed by atoms with van der Waals surface area (Å²) in [5, 5.41) is 13.0. The molecule has 1 atom stereocenters. The molecule has 0 heterocycles. The average Bonchev–Trinajstić information content (AvgIpc) is 3.17. The Balaban J connectivity index is 1.70. The van der Waals surface area contributed by atoms with Gasteiger partial charge in [-0.3, -0.25) is 0 Å². The molecule has 0 spiro atoms. The second-order valence-corrected chi connectivity index (χ2v) is 6.50.